The number of nitrogens with two attached hydrogens (primary N) is 1. The summed E-state index contributed by atoms with van der Waals surface area (Å²) in [4.78, 5) is 11.6. The smallest absolute Gasteiger partial charge is 0.243 e. The standard InChI is InChI=1S/C15H21BrN2O3S/c1-9-8-13(16)11(3)14(10(9)2)22(20,21)18-6-4-12(5-7-18)15(17)19/h8,12H,4-7H2,1-3H3,(H2,17,19). The number of carbonyl (C=O) groups is 1. The maximum absolute atomic E-state index is 13.0. The molecule has 0 radical (unpaired) electrons. The Balaban J connectivity index is 2.39. The highest BCUT2D eigenvalue weighted by atomic mass is 79.9. The second-order valence-electron chi connectivity index (χ2n) is 5.84. The fourth-order valence-electron chi connectivity index (χ4n) is 2.87. The van der Waals surface area contributed by atoms with Gasteiger partial charge in [0.2, 0.25) is 15.9 Å². The van der Waals surface area contributed by atoms with Crippen LogP contribution in [0.1, 0.15) is 29.5 Å². The fraction of sp³-hybridized carbons (Fsp3) is 0.533. The Morgan fingerprint density at radius 3 is 2.27 bits per heavy atom. The monoisotopic (exact) mass is 388 g/mol. The lowest BCUT2D eigenvalue weighted by atomic mass is 9.98. The van der Waals surface area contributed by atoms with Crippen molar-refractivity contribution in [2.24, 2.45) is 11.7 Å². The van der Waals surface area contributed by atoms with Crippen LogP contribution in [0.15, 0.2) is 15.4 Å². The normalized spacial score (nSPS) is 17.6. The number of hydrogen-bond acceptors (Lipinski definition) is 3. The Bertz CT molecular complexity index is 682. The lowest BCUT2D eigenvalue weighted by molar-refractivity contribution is -0.122. The first kappa shape index (κ1) is 17.4. The van der Waals surface area contributed by atoms with Gasteiger partial charge < -0.3 is 5.73 Å². The average molecular weight is 389 g/mol. The molecular weight excluding hydrogens is 368 g/mol. The van der Waals surface area contributed by atoms with E-state index in [0.717, 1.165) is 21.2 Å². The van der Waals surface area contributed by atoms with Crippen LogP contribution >= 0.6 is 15.9 Å². The molecule has 122 valence electrons. The minimum absolute atomic E-state index is 0.224. The molecule has 0 aromatic heterocycles. The lowest BCUT2D eigenvalue weighted by Crippen LogP contribution is -2.42. The first-order valence-corrected chi connectivity index (χ1v) is 9.45. The summed E-state index contributed by atoms with van der Waals surface area (Å²) in [7, 11) is -3.57. The van der Waals surface area contributed by atoms with Crippen LogP contribution in [0.25, 0.3) is 0 Å². The van der Waals surface area contributed by atoms with E-state index in [9.17, 15) is 13.2 Å². The molecule has 1 aliphatic heterocycles. The van der Waals surface area contributed by atoms with Gasteiger partial charge in [0.15, 0.2) is 0 Å². The van der Waals surface area contributed by atoms with E-state index in [1.165, 1.54) is 4.31 Å². The van der Waals surface area contributed by atoms with Crippen molar-refractivity contribution in [2.75, 3.05) is 13.1 Å². The molecule has 0 unspecified atom stereocenters. The maximum atomic E-state index is 13.0. The van der Waals surface area contributed by atoms with E-state index in [4.69, 9.17) is 5.73 Å². The van der Waals surface area contributed by atoms with Gasteiger partial charge >= 0.3 is 0 Å². The fourth-order valence-corrected chi connectivity index (χ4v) is 5.54. The molecule has 0 bridgehead atoms. The van der Waals surface area contributed by atoms with E-state index in [0.29, 0.717) is 30.8 Å². The van der Waals surface area contributed by atoms with Gasteiger partial charge in [0, 0.05) is 23.5 Å². The van der Waals surface area contributed by atoms with Gasteiger partial charge in [0.25, 0.3) is 0 Å². The summed E-state index contributed by atoms with van der Waals surface area (Å²) < 4.78 is 28.3. The van der Waals surface area contributed by atoms with Gasteiger partial charge in [-0.15, -0.1) is 0 Å². The Morgan fingerprint density at radius 1 is 1.23 bits per heavy atom. The van der Waals surface area contributed by atoms with E-state index in [1.807, 2.05) is 19.9 Å². The molecule has 0 spiro atoms. The van der Waals surface area contributed by atoms with E-state index < -0.39 is 10.0 Å². The molecule has 22 heavy (non-hydrogen) atoms. The van der Waals surface area contributed by atoms with Crippen molar-refractivity contribution in [3.05, 3.63) is 27.2 Å². The molecule has 1 saturated heterocycles. The number of aryl methyl sites for hydroxylation is 1. The molecule has 2 N–H and O–H groups in total. The van der Waals surface area contributed by atoms with Crippen molar-refractivity contribution in [1.29, 1.82) is 0 Å². The summed E-state index contributed by atoms with van der Waals surface area (Å²) in [5.41, 5.74) is 7.74. The second-order valence-corrected chi connectivity index (χ2v) is 8.56. The molecule has 0 saturated carbocycles. The van der Waals surface area contributed by atoms with Gasteiger partial charge in [-0.1, -0.05) is 15.9 Å². The largest absolute Gasteiger partial charge is 0.369 e. The van der Waals surface area contributed by atoms with E-state index in [1.54, 1.807) is 6.92 Å². The van der Waals surface area contributed by atoms with Gasteiger partial charge in [-0.2, -0.15) is 4.31 Å². The summed E-state index contributed by atoms with van der Waals surface area (Å²) in [5.74, 6) is -0.569. The summed E-state index contributed by atoms with van der Waals surface area (Å²) in [5, 5.41) is 0. The van der Waals surface area contributed by atoms with Gasteiger partial charge in [0.05, 0.1) is 4.90 Å². The van der Waals surface area contributed by atoms with Crippen molar-refractivity contribution in [2.45, 2.75) is 38.5 Å². The first-order chi connectivity index (χ1) is 10.2. The third-order valence-corrected chi connectivity index (χ3v) is 7.43. The van der Waals surface area contributed by atoms with Crippen molar-refractivity contribution < 1.29 is 13.2 Å². The van der Waals surface area contributed by atoms with Crippen LogP contribution in [0.5, 0.6) is 0 Å². The number of sulfonamides is 1. The molecule has 0 aliphatic carbocycles. The van der Waals surface area contributed by atoms with Crippen LogP contribution in [0.4, 0.5) is 0 Å². The van der Waals surface area contributed by atoms with E-state index in [2.05, 4.69) is 15.9 Å². The maximum Gasteiger partial charge on any atom is 0.243 e. The number of hydrogen-bond donors (Lipinski definition) is 1. The molecule has 5 nitrogen and oxygen atoms in total. The topological polar surface area (TPSA) is 80.5 Å². The Kier molecular flexibility index (Phi) is 4.99. The number of carbonyl (C=O) groups excluding carboxylic acids is 1. The van der Waals surface area contributed by atoms with Crippen molar-refractivity contribution >= 4 is 31.9 Å². The summed E-state index contributed by atoms with van der Waals surface area (Å²) >= 11 is 3.43. The van der Waals surface area contributed by atoms with Crippen LogP contribution in [0, 0.1) is 26.7 Å². The molecular formula is C15H21BrN2O3S. The number of amides is 1. The van der Waals surface area contributed by atoms with Gasteiger partial charge in [-0.25, -0.2) is 8.42 Å². The lowest BCUT2D eigenvalue weighted by Gasteiger charge is -2.31. The Morgan fingerprint density at radius 2 is 1.77 bits per heavy atom. The summed E-state index contributed by atoms with van der Waals surface area (Å²) in [6.45, 7) is 6.20. The molecule has 1 heterocycles. The van der Waals surface area contributed by atoms with E-state index in [-0.39, 0.29) is 11.8 Å². The van der Waals surface area contributed by atoms with Crippen LogP contribution in [0.3, 0.4) is 0 Å². The van der Waals surface area contributed by atoms with E-state index >= 15 is 0 Å². The quantitative estimate of drug-likeness (QED) is 0.861. The molecule has 0 atom stereocenters. The summed E-state index contributed by atoms with van der Waals surface area (Å²) in [6, 6.07) is 1.93. The Hall–Kier alpha value is -0.920. The predicted octanol–water partition coefficient (Wildman–Crippen LogP) is 2.26. The number of nitrogens with zero attached hydrogens (tertiary/aromatic N) is 1. The highest BCUT2D eigenvalue weighted by Crippen LogP contribution is 2.33. The molecule has 1 amide bonds. The first-order valence-electron chi connectivity index (χ1n) is 7.22. The van der Waals surface area contributed by atoms with Crippen LogP contribution < -0.4 is 5.73 Å². The minimum atomic E-state index is -3.57. The zero-order valence-electron chi connectivity index (χ0n) is 13.0. The second kappa shape index (κ2) is 6.29. The highest BCUT2D eigenvalue weighted by molar-refractivity contribution is 9.10. The molecule has 7 heteroatoms. The number of piperidine rings is 1. The average Bonchev–Trinajstić information content (AvgIpc) is 2.45. The molecule has 1 aromatic carbocycles. The summed E-state index contributed by atoms with van der Waals surface area (Å²) in [6.07, 6.45) is 0.972. The predicted molar refractivity (Wildman–Crippen MR) is 89.0 cm³/mol. The third kappa shape index (κ3) is 3.07. The zero-order chi connectivity index (χ0) is 16.7. The third-order valence-electron chi connectivity index (χ3n) is 4.43. The molecule has 1 aromatic rings. The van der Waals surface area contributed by atoms with Crippen LogP contribution in [0.2, 0.25) is 0 Å². The molecule has 1 fully saturated rings. The SMILES string of the molecule is Cc1cc(Br)c(C)c(S(=O)(=O)N2CCC(C(N)=O)CC2)c1C. The number of rotatable bonds is 3. The molecule has 2 rings (SSSR count). The van der Waals surface area contributed by atoms with Crippen molar-refractivity contribution in [3.8, 4) is 0 Å². The van der Waals surface area contributed by atoms with Crippen LogP contribution in [-0.2, 0) is 14.8 Å². The van der Waals surface area contributed by atoms with Crippen molar-refractivity contribution in [3.63, 3.8) is 0 Å². The minimum Gasteiger partial charge on any atom is -0.369 e. The zero-order valence-corrected chi connectivity index (χ0v) is 15.4. The van der Waals surface area contributed by atoms with Gasteiger partial charge in [-0.3, -0.25) is 4.79 Å². The number of primary amides is 1. The number of halogens is 1. The highest BCUT2D eigenvalue weighted by Gasteiger charge is 2.33. The molecule has 1 aliphatic rings. The Labute approximate surface area is 140 Å². The van der Waals surface area contributed by atoms with Crippen LogP contribution in [-0.4, -0.2) is 31.7 Å². The number of benzene rings is 1. The van der Waals surface area contributed by atoms with Crippen molar-refractivity contribution in [1.82, 2.24) is 4.31 Å². The van der Waals surface area contributed by atoms with Gasteiger partial charge in [0.1, 0.15) is 0 Å². The van der Waals surface area contributed by atoms with Gasteiger partial charge in [-0.05, 0) is 56.4 Å².